The van der Waals surface area contributed by atoms with E-state index in [9.17, 15) is 0 Å². The second kappa shape index (κ2) is 4.33. The normalized spacial score (nSPS) is 12.8. The average molecular weight is 151 g/mol. The largest absolute Gasteiger partial charge is 0.399 e. The predicted octanol–water partition coefficient (Wildman–Crippen LogP) is 0.897. The Bertz CT molecular complexity index is 223. The van der Waals surface area contributed by atoms with Crippen LogP contribution in [0.15, 0.2) is 35.7 Å². The standard InChI is InChI=1S/C8H13N3/c1-3-7(10)4-8(11)6(2)5-9/h3-5,9H,2,10-11H2,1H3/b7-3+,8-4+,9-5?. The molecule has 0 atom stereocenters. The maximum Gasteiger partial charge on any atom is 0.0417 e. The zero-order valence-electron chi connectivity index (χ0n) is 6.59. The van der Waals surface area contributed by atoms with E-state index >= 15 is 0 Å². The first-order valence-electron chi connectivity index (χ1n) is 3.20. The molecule has 0 bridgehead atoms. The second-order valence-electron chi connectivity index (χ2n) is 2.06. The number of nitrogens with one attached hydrogen (secondary N) is 1. The third kappa shape index (κ3) is 3.25. The quantitative estimate of drug-likeness (QED) is 0.414. The van der Waals surface area contributed by atoms with Gasteiger partial charge in [-0.3, -0.25) is 0 Å². The Hall–Kier alpha value is -1.51. The molecule has 0 aliphatic carbocycles. The molecule has 0 aliphatic rings. The second-order valence-corrected chi connectivity index (χ2v) is 2.06. The summed E-state index contributed by atoms with van der Waals surface area (Å²) in [4.78, 5) is 0. The molecule has 0 saturated carbocycles. The topological polar surface area (TPSA) is 75.9 Å². The lowest BCUT2D eigenvalue weighted by atomic mass is 10.2. The van der Waals surface area contributed by atoms with Crippen molar-refractivity contribution < 1.29 is 0 Å². The van der Waals surface area contributed by atoms with Crippen LogP contribution in [0.5, 0.6) is 0 Å². The van der Waals surface area contributed by atoms with Crippen molar-refractivity contribution in [2.75, 3.05) is 0 Å². The van der Waals surface area contributed by atoms with Crippen LogP contribution in [0, 0.1) is 5.41 Å². The van der Waals surface area contributed by atoms with Gasteiger partial charge in [0.25, 0.3) is 0 Å². The zero-order valence-corrected chi connectivity index (χ0v) is 6.59. The molecule has 0 radical (unpaired) electrons. The molecule has 0 heterocycles. The number of nitrogens with two attached hydrogens (primary N) is 2. The van der Waals surface area contributed by atoms with Gasteiger partial charge in [-0.1, -0.05) is 12.7 Å². The molecule has 0 fully saturated rings. The first-order chi connectivity index (χ1) is 5.11. The molecular weight excluding hydrogens is 138 g/mol. The fourth-order valence-corrected chi connectivity index (χ4v) is 0.439. The van der Waals surface area contributed by atoms with Crippen LogP contribution in [0.1, 0.15) is 6.92 Å². The Kier molecular flexibility index (Phi) is 3.73. The van der Waals surface area contributed by atoms with Gasteiger partial charge < -0.3 is 16.9 Å². The molecule has 60 valence electrons. The number of rotatable bonds is 3. The van der Waals surface area contributed by atoms with Crippen LogP contribution < -0.4 is 11.5 Å². The number of hydrogen-bond donors (Lipinski definition) is 3. The third-order valence-corrected chi connectivity index (χ3v) is 1.20. The van der Waals surface area contributed by atoms with Gasteiger partial charge in [0.15, 0.2) is 0 Å². The van der Waals surface area contributed by atoms with Crippen LogP contribution in [-0.4, -0.2) is 6.21 Å². The minimum atomic E-state index is 0.426. The van der Waals surface area contributed by atoms with Crippen molar-refractivity contribution in [3.63, 3.8) is 0 Å². The first-order valence-corrected chi connectivity index (χ1v) is 3.20. The Morgan fingerprint density at radius 2 is 2.00 bits per heavy atom. The van der Waals surface area contributed by atoms with Crippen LogP contribution >= 0.6 is 0 Å². The summed E-state index contributed by atoms with van der Waals surface area (Å²) in [6, 6.07) is 0. The molecule has 5 N–H and O–H groups in total. The molecule has 11 heavy (non-hydrogen) atoms. The zero-order chi connectivity index (χ0) is 8.85. The van der Waals surface area contributed by atoms with Crippen molar-refractivity contribution in [3.8, 4) is 0 Å². The lowest BCUT2D eigenvalue weighted by Crippen LogP contribution is -2.04. The molecule has 0 rings (SSSR count). The molecule has 0 aromatic carbocycles. The van der Waals surface area contributed by atoms with Gasteiger partial charge in [-0.2, -0.15) is 0 Å². The lowest BCUT2D eigenvalue weighted by Gasteiger charge is -1.98. The summed E-state index contributed by atoms with van der Waals surface area (Å²) in [5.41, 5.74) is 12.4. The van der Waals surface area contributed by atoms with E-state index in [1.807, 2.05) is 6.92 Å². The van der Waals surface area contributed by atoms with E-state index in [0.717, 1.165) is 6.21 Å². The summed E-state index contributed by atoms with van der Waals surface area (Å²) in [6.07, 6.45) is 4.40. The van der Waals surface area contributed by atoms with Crippen molar-refractivity contribution >= 4 is 6.21 Å². The number of hydrogen-bond acceptors (Lipinski definition) is 3. The van der Waals surface area contributed by atoms with E-state index < -0.39 is 0 Å². The molecule has 0 spiro atoms. The van der Waals surface area contributed by atoms with E-state index in [4.69, 9.17) is 16.9 Å². The van der Waals surface area contributed by atoms with Gasteiger partial charge in [-0.05, 0) is 13.0 Å². The minimum absolute atomic E-state index is 0.426. The van der Waals surface area contributed by atoms with E-state index in [1.165, 1.54) is 0 Å². The SMILES string of the molecule is C=C(C=N)/C(N)=C\C(N)=C/C. The Morgan fingerprint density at radius 1 is 1.45 bits per heavy atom. The molecule has 0 aromatic heterocycles. The van der Waals surface area contributed by atoms with Crippen LogP contribution in [0.25, 0.3) is 0 Å². The third-order valence-electron chi connectivity index (χ3n) is 1.20. The van der Waals surface area contributed by atoms with Crippen molar-refractivity contribution in [3.05, 3.63) is 35.7 Å². The monoisotopic (exact) mass is 151 g/mol. The van der Waals surface area contributed by atoms with Gasteiger partial charge in [0.1, 0.15) is 0 Å². The van der Waals surface area contributed by atoms with Crippen LogP contribution in [0.4, 0.5) is 0 Å². The maximum absolute atomic E-state index is 6.83. The summed E-state index contributed by atoms with van der Waals surface area (Å²) in [6.45, 7) is 5.35. The van der Waals surface area contributed by atoms with E-state index in [2.05, 4.69) is 6.58 Å². The summed E-state index contributed by atoms with van der Waals surface area (Å²) in [5, 5.41) is 6.83. The van der Waals surface area contributed by atoms with Crippen molar-refractivity contribution in [1.29, 1.82) is 5.41 Å². The lowest BCUT2D eigenvalue weighted by molar-refractivity contribution is 1.31. The van der Waals surface area contributed by atoms with Crippen molar-refractivity contribution in [1.82, 2.24) is 0 Å². The molecule has 0 aliphatic heterocycles. The molecule has 0 amide bonds. The maximum atomic E-state index is 6.83. The molecule has 0 saturated heterocycles. The Morgan fingerprint density at radius 3 is 2.36 bits per heavy atom. The first kappa shape index (κ1) is 9.49. The van der Waals surface area contributed by atoms with Crippen molar-refractivity contribution in [2.45, 2.75) is 6.92 Å². The van der Waals surface area contributed by atoms with E-state index in [-0.39, 0.29) is 0 Å². The minimum Gasteiger partial charge on any atom is -0.399 e. The van der Waals surface area contributed by atoms with Crippen LogP contribution in [0.2, 0.25) is 0 Å². The van der Waals surface area contributed by atoms with Gasteiger partial charge in [-0.25, -0.2) is 0 Å². The van der Waals surface area contributed by atoms with E-state index in [1.54, 1.807) is 12.2 Å². The van der Waals surface area contributed by atoms with Gasteiger partial charge in [0.05, 0.1) is 0 Å². The molecule has 0 unspecified atom stereocenters. The van der Waals surface area contributed by atoms with Crippen LogP contribution in [-0.2, 0) is 0 Å². The van der Waals surface area contributed by atoms with Gasteiger partial charge in [0, 0.05) is 23.2 Å². The summed E-state index contributed by atoms with van der Waals surface area (Å²) >= 11 is 0. The fraction of sp³-hybridized carbons (Fsp3) is 0.125. The summed E-state index contributed by atoms with van der Waals surface area (Å²) in [5.74, 6) is 0. The molecule has 0 aromatic rings. The molecule has 3 nitrogen and oxygen atoms in total. The highest BCUT2D eigenvalue weighted by atomic mass is 14.6. The molecular formula is C8H13N3. The predicted molar refractivity (Wildman–Crippen MR) is 48.1 cm³/mol. The van der Waals surface area contributed by atoms with Crippen molar-refractivity contribution in [2.24, 2.45) is 11.5 Å². The highest BCUT2D eigenvalue weighted by molar-refractivity contribution is 5.80. The molecule has 3 heteroatoms. The summed E-state index contributed by atoms with van der Waals surface area (Å²) in [7, 11) is 0. The highest BCUT2D eigenvalue weighted by Crippen LogP contribution is 1.99. The van der Waals surface area contributed by atoms with Gasteiger partial charge >= 0.3 is 0 Å². The fourth-order valence-electron chi connectivity index (χ4n) is 0.439. The number of allylic oxidation sites excluding steroid dienone is 3. The van der Waals surface area contributed by atoms with E-state index in [0.29, 0.717) is 17.0 Å². The smallest absolute Gasteiger partial charge is 0.0417 e. The average Bonchev–Trinajstić information content (AvgIpc) is 2.02. The summed E-state index contributed by atoms with van der Waals surface area (Å²) < 4.78 is 0. The highest BCUT2D eigenvalue weighted by Gasteiger charge is 1.92. The van der Waals surface area contributed by atoms with Crippen LogP contribution in [0.3, 0.4) is 0 Å². The van der Waals surface area contributed by atoms with Gasteiger partial charge in [-0.15, -0.1) is 0 Å². The Labute approximate surface area is 66.6 Å². The Balaban J connectivity index is 4.46. The van der Waals surface area contributed by atoms with Gasteiger partial charge in [0.2, 0.25) is 0 Å².